The van der Waals surface area contributed by atoms with Gasteiger partial charge in [-0.15, -0.1) is 0 Å². The Bertz CT molecular complexity index is 1110. The molecule has 8 nitrogen and oxygen atoms in total. The summed E-state index contributed by atoms with van der Waals surface area (Å²) in [6.07, 6.45) is 2.54. The van der Waals surface area contributed by atoms with E-state index in [1.807, 2.05) is 18.2 Å². The van der Waals surface area contributed by atoms with Gasteiger partial charge in [-0.05, 0) is 49.4 Å². The lowest BCUT2D eigenvalue weighted by atomic mass is 9.96. The fraction of sp³-hybridized carbons (Fsp3) is 0.417. The molecule has 1 unspecified atom stereocenters. The van der Waals surface area contributed by atoms with Crippen LogP contribution in [0.5, 0.6) is 5.75 Å². The van der Waals surface area contributed by atoms with E-state index in [4.69, 9.17) is 4.74 Å². The van der Waals surface area contributed by atoms with Gasteiger partial charge in [-0.2, -0.15) is 4.31 Å². The number of carbonyl (C=O) groups excluding carboxylic acids is 2. The number of carbonyl (C=O) groups is 2. The summed E-state index contributed by atoms with van der Waals surface area (Å²) in [6, 6.07) is 14.6. The lowest BCUT2D eigenvalue weighted by Crippen LogP contribution is -2.45. The molecule has 4 rings (SSSR count). The maximum Gasteiger partial charge on any atom is 0.262 e. The first-order valence-corrected chi connectivity index (χ1v) is 12.7. The zero-order valence-corrected chi connectivity index (χ0v) is 19.4. The molecule has 0 spiro atoms. The van der Waals surface area contributed by atoms with E-state index in [2.05, 4.69) is 29.7 Å². The Morgan fingerprint density at radius 1 is 1.18 bits per heavy atom. The van der Waals surface area contributed by atoms with Crippen LogP contribution in [0.2, 0.25) is 0 Å². The van der Waals surface area contributed by atoms with Gasteiger partial charge in [0.05, 0.1) is 10.6 Å². The number of hydrogen-bond donors (Lipinski definition) is 2. The first-order chi connectivity index (χ1) is 15.9. The smallest absolute Gasteiger partial charge is 0.262 e. The standard InChI is InChI=1S/C24H29N3O5S/c1-2-19(14-17-6-4-3-5-7-17)25-24(29)18-10-12-27(13-11-18)33(30,31)20-8-9-22-21(15-20)26-23(28)16-32-22/h3-9,15,18-19H,2,10-14,16H2,1H3,(H,25,29)(H,26,28). The van der Waals surface area contributed by atoms with Crippen LogP contribution in [0, 0.1) is 5.92 Å². The molecule has 0 bridgehead atoms. The van der Waals surface area contributed by atoms with Crippen molar-refractivity contribution in [2.45, 2.75) is 43.5 Å². The third-order valence-electron chi connectivity index (χ3n) is 6.21. The maximum atomic E-state index is 13.1. The molecule has 9 heteroatoms. The fourth-order valence-corrected chi connectivity index (χ4v) is 5.74. The summed E-state index contributed by atoms with van der Waals surface area (Å²) in [5, 5.41) is 5.79. The van der Waals surface area contributed by atoms with Gasteiger partial charge in [-0.3, -0.25) is 9.59 Å². The van der Waals surface area contributed by atoms with Crippen LogP contribution < -0.4 is 15.4 Å². The van der Waals surface area contributed by atoms with E-state index in [0.717, 1.165) is 12.8 Å². The number of piperidine rings is 1. The molecular weight excluding hydrogens is 442 g/mol. The Hall–Kier alpha value is -2.91. The van der Waals surface area contributed by atoms with Gasteiger partial charge in [0.15, 0.2) is 6.61 Å². The third-order valence-corrected chi connectivity index (χ3v) is 8.11. The van der Waals surface area contributed by atoms with Gasteiger partial charge in [0, 0.05) is 25.0 Å². The van der Waals surface area contributed by atoms with Crippen LogP contribution in [0.25, 0.3) is 0 Å². The minimum absolute atomic E-state index is 0.0107. The summed E-state index contributed by atoms with van der Waals surface area (Å²) in [5.74, 6) is -0.0904. The number of benzene rings is 2. The third kappa shape index (κ3) is 5.36. The predicted octanol–water partition coefficient (Wildman–Crippen LogP) is 2.56. The molecule has 1 saturated heterocycles. The highest BCUT2D eigenvalue weighted by atomic mass is 32.2. The van der Waals surface area contributed by atoms with Crippen LogP contribution in [0.4, 0.5) is 5.69 Å². The van der Waals surface area contributed by atoms with Crippen molar-refractivity contribution in [2.75, 3.05) is 25.0 Å². The van der Waals surface area contributed by atoms with E-state index < -0.39 is 10.0 Å². The molecule has 0 aliphatic carbocycles. The first kappa shape index (κ1) is 23.3. The van der Waals surface area contributed by atoms with Crippen molar-refractivity contribution in [1.29, 1.82) is 0 Å². The average Bonchev–Trinajstić information content (AvgIpc) is 2.83. The molecule has 0 saturated carbocycles. The van der Waals surface area contributed by atoms with E-state index in [-0.39, 0.29) is 48.4 Å². The summed E-state index contributed by atoms with van der Waals surface area (Å²) in [6.45, 7) is 2.51. The summed E-state index contributed by atoms with van der Waals surface area (Å²) < 4.78 is 33.0. The van der Waals surface area contributed by atoms with Gasteiger partial charge < -0.3 is 15.4 Å². The number of ether oxygens (including phenoxy) is 1. The molecule has 33 heavy (non-hydrogen) atoms. The molecule has 1 atom stereocenters. The van der Waals surface area contributed by atoms with Crippen LogP contribution in [0.15, 0.2) is 53.4 Å². The Kier molecular flexibility index (Phi) is 6.99. The highest BCUT2D eigenvalue weighted by molar-refractivity contribution is 7.89. The van der Waals surface area contributed by atoms with Crippen LogP contribution >= 0.6 is 0 Å². The first-order valence-electron chi connectivity index (χ1n) is 11.3. The predicted molar refractivity (Wildman–Crippen MR) is 124 cm³/mol. The van der Waals surface area contributed by atoms with Crippen molar-refractivity contribution in [1.82, 2.24) is 9.62 Å². The molecule has 0 aromatic heterocycles. The monoisotopic (exact) mass is 471 g/mol. The molecule has 0 radical (unpaired) electrons. The van der Waals surface area contributed by atoms with Crippen molar-refractivity contribution in [3.63, 3.8) is 0 Å². The van der Waals surface area contributed by atoms with Gasteiger partial charge >= 0.3 is 0 Å². The van der Waals surface area contributed by atoms with Crippen LogP contribution in [0.1, 0.15) is 31.7 Å². The van der Waals surface area contributed by atoms with E-state index in [1.54, 1.807) is 6.07 Å². The molecular formula is C24H29N3O5S. The van der Waals surface area contributed by atoms with Crippen molar-refractivity contribution in [2.24, 2.45) is 5.92 Å². The second kappa shape index (κ2) is 9.93. The second-order valence-corrected chi connectivity index (χ2v) is 10.4. The van der Waals surface area contributed by atoms with Gasteiger partial charge in [0.25, 0.3) is 5.91 Å². The average molecular weight is 472 g/mol. The Morgan fingerprint density at radius 3 is 2.61 bits per heavy atom. The Morgan fingerprint density at radius 2 is 1.91 bits per heavy atom. The number of hydrogen-bond acceptors (Lipinski definition) is 5. The summed E-state index contributed by atoms with van der Waals surface area (Å²) in [5.41, 5.74) is 1.53. The zero-order valence-electron chi connectivity index (χ0n) is 18.6. The lowest BCUT2D eigenvalue weighted by molar-refractivity contribution is -0.126. The number of amides is 2. The van der Waals surface area contributed by atoms with E-state index in [0.29, 0.717) is 24.3 Å². The number of nitrogens with zero attached hydrogens (tertiary/aromatic N) is 1. The van der Waals surface area contributed by atoms with Crippen LogP contribution in [0.3, 0.4) is 0 Å². The van der Waals surface area contributed by atoms with Gasteiger partial charge in [-0.1, -0.05) is 37.3 Å². The SMILES string of the molecule is CCC(Cc1ccccc1)NC(=O)C1CCN(S(=O)(=O)c2ccc3c(c2)NC(=O)CO3)CC1. The molecule has 2 heterocycles. The van der Waals surface area contributed by atoms with Crippen molar-refractivity contribution in [3.8, 4) is 5.75 Å². The largest absolute Gasteiger partial charge is 0.482 e. The number of anilines is 1. The number of fused-ring (bicyclic) bond motifs is 1. The van der Waals surface area contributed by atoms with E-state index in [1.165, 1.54) is 22.0 Å². The van der Waals surface area contributed by atoms with Crippen molar-refractivity contribution < 1.29 is 22.7 Å². The number of nitrogens with one attached hydrogen (secondary N) is 2. The van der Waals surface area contributed by atoms with Crippen molar-refractivity contribution in [3.05, 3.63) is 54.1 Å². The summed E-state index contributed by atoms with van der Waals surface area (Å²) >= 11 is 0. The lowest BCUT2D eigenvalue weighted by Gasteiger charge is -2.31. The minimum atomic E-state index is -3.74. The molecule has 2 aromatic rings. The maximum absolute atomic E-state index is 13.1. The number of rotatable bonds is 7. The zero-order chi connectivity index (χ0) is 23.4. The highest BCUT2D eigenvalue weighted by Gasteiger charge is 2.33. The normalized spacial score (nSPS) is 18.0. The van der Waals surface area contributed by atoms with Crippen LogP contribution in [-0.4, -0.2) is 50.3 Å². The topological polar surface area (TPSA) is 105 Å². The minimum Gasteiger partial charge on any atom is -0.482 e. The second-order valence-electron chi connectivity index (χ2n) is 8.48. The molecule has 2 amide bonds. The highest BCUT2D eigenvalue weighted by Crippen LogP contribution is 2.32. The molecule has 2 N–H and O–H groups in total. The van der Waals surface area contributed by atoms with E-state index in [9.17, 15) is 18.0 Å². The van der Waals surface area contributed by atoms with Crippen molar-refractivity contribution >= 4 is 27.5 Å². The van der Waals surface area contributed by atoms with Gasteiger partial charge in [0.1, 0.15) is 5.75 Å². The fourth-order valence-electron chi connectivity index (χ4n) is 4.25. The summed E-state index contributed by atoms with van der Waals surface area (Å²) in [4.78, 5) is 24.5. The molecule has 1 fully saturated rings. The van der Waals surface area contributed by atoms with Gasteiger partial charge in [-0.25, -0.2) is 8.42 Å². The Labute approximate surface area is 194 Å². The molecule has 176 valence electrons. The molecule has 2 aliphatic heterocycles. The molecule has 2 aliphatic rings. The van der Waals surface area contributed by atoms with E-state index >= 15 is 0 Å². The molecule has 2 aromatic carbocycles. The van der Waals surface area contributed by atoms with Gasteiger partial charge in [0.2, 0.25) is 15.9 Å². The Balaban J connectivity index is 1.35. The summed E-state index contributed by atoms with van der Waals surface area (Å²) in [7, 11) is -3.74. The quantitative estimate of drug-likeness (QED) is 0.646. The number of sulfonamides is 1. The van der Waals surface area contributed by atoms with Crippen LogP contribution in [-0.2, 0) is 26.0 Å².